The molecule has 9 heteroatoms. The summed E-state index contributed by atoms with van der Waals surface area (Å²) in [5.74, 6) is 0.391. The fraction of sp³-hybridized carbons (Fsp3) is 0.320. The van der Waals surface area contributed by atoms with E-state index < -0.39 is 0 Å². The fourth-order valence-electron chi connectivity index (χ4n) is 4.29. The van der Waals surface area contributed by atoms with Crippen LogP contribution in [0.5, 0.6) is 0 Å². The molecule has 4 aromatic rings. The van der Waals surface area contributed by atoms with Gasteiger partial charge in [-0.05, 0) is 57.0 Å². The topological polar surface area (TPSA) is 106 Å². The molecule has 9 nitrogen and oxygen atoms in total. The highest BCUT2D eigenvalue weighted by atomic mass is 16.3. The average Bonchev–Trinajstić information content (AvgIpc) is 3.54. The minimum atomic E-state index is -0.141. The zero-order valence-corrected chi connectivity index (χ0v) is 19.1. The maximum atomic E-state index is 13.6. The van der Waals surface area contributed by atoms with Gasteiger partial charge >= 0.3 is 0 Å². The number of nitrogens with zero attached hydrogens (tertiary/aromatic N) is 5. The lowest BCUT2D eigenvalue weighted by atomic mass is 10.0. The first-order chi connectivity index (χ1) is 16.5. The van der Waals surface area contributed by atoms with Crippen LogP contribution in [0.4, 0.5) is 0 Å². The number of piperidine rings is 1. The summed E-state index contributed by atoms with van der Waals surface area (Å²) in [6, 6.07) is 9.00. The number of pyridine rings is 2. The molecule has 5 rings (SSSR count). The number of fused-ring (bicyclic) bond motifs is 1. The van der Waals surface area contributed by atoms with Crippen molar-refractivity contribution in [2.45, 2.75) is 38.8 Å². The van der Waals surface area contributed by atoms with Crippen LogP contribution in [0.2, 0.25) is 0 Å². The number of rotatable bonds is 5. The summed E-state index contributed by atoms with van der Waals surface area (Å²) in [6.07, 6.45) is 7.86. The van der Waals surface area contributed by atoms with Gasteiger partial charge in [-0.1, -0.05) is 0 Å². The Morgan fingerprint density at radius 2 is 1.97 bits per heavy atom. The Morgan fingerprint density at radius 1 is 1.15 bits per heavy atom. The number of amides is 2. The summed E-state index contributed by atoms with van der Waals surface area (Å²) in [5, 5.41) is 8.26. The third-order valence-electron chi connectivity index (χ3n) is 6.10. The van der Waals surface area contributed by atoms with Crippen LogP contribution in [0.15, 0.2) is 59.6 Å². The van der Waals surface area contributed by atoms with Gasteiger partial charge in [-0.3, -0.25) is 14.6 Å². The van der Waals surface area contributed by atoms with Crippen LogP contribution in [0.25, 0.3) is 22.5 Å². The van der Waals surface area contributed by atoms with Gasteiger partial charge in [0.2, 0.25) is 0 Å². The minimum Gasteiger partial charge on any atom is -0.463 e. The van der Waals surface area contributed by atoms with Gasteiger partial charge in [-0.25, -0.2) is 9.67 Å². The first-order valence-corrected chi connectivity index (χ1v) is 11.4. The van der Waals surface area contributed by atoms with Crippen LogP contribution >= 0.6 is 0 Å². The van der Waals surface area contributed by atoms with E-state index in [0.29, 0.717) is 54.2 Å². The van der Waals surface area contributed by atoms with Crippen molar-refractivity contribution in [3.63, 3.8) is 0 Å². The second kappa shape index (κ2) is 9.09. The highest BCUT2D eigenvalue weighted by molar-refractivity contribution is 6.06. The highest BCUT2D eigenvalue weighted by Gasteiger charge is 2.28. The summed E-state index contributed by atoms with van der Waals surface area (Å²) in [4.78, 5) is 36.6. The van der Waals surface area contributed by atoms with E-state index in [-0.39, 0.29) is 23.9 Å². The lowest BCUT2D eigenvalue weighted by Gasteiger charge is -2.32. The molecule has 1 N–H and O–H groups in total. The maximum Gasteiger partial charge on any atom is 0.254 e. The van der Waals surface area contributed by atoms with E-state index in [0.717, 1.165) is 5.39 Å². The molecule has 0 bridgehead atoms. The van der Waals surface area contributed by atoms with Crippen molar-refractivity contribution in [3.05, 3.63) is 66.3 Å². The second-order valence-electron chi connectivity index (χ2n) is 8.73. The molecule has 0 spiro atoms. The lowest BCUT2D eigenvalue weighted by molar-refractivity contribution is 0.0700. The van der Waals surface area contributed by atoms with Gasteiger partial charge < -0.3 is 14.6 Å². The maximum absolute atomic E-state index is 13.6. The van der Waals surface area contributed by atoms with Crippen molar-refractivity contribution in [3.8, 4) is 11.5 Å². The molecule has 0 radical (unpaired) electrons. The summed E-state index contributed by atoms with van der Waals surface area (Å²) in [6.45, 7) is 5.16. The molecule has 1 aliphatic heterocycles. The first kappa shape index (κ1) is 21.8. The van der Waals surface area contributed by atoms with Crippen LogP contribution in [0.1, 0.15) is 53.4 Å². The molecule has 0 aliphatic carbocycles. The van der Waals surface area contributed by atoms with Gasteiger partial charge in [0.15, 0.2) is 11.4 Å². The number of furan rings is 1. The van der Waals surface area contributed by atoms with E-state index in [4.69, 9.17) is 9.40 Å². The van der Waals surface area contributed by atoms with Gasteiger partial charge in [0.1, 0.15) is 5.69 Å². The molecule has 0 aromatic carbocycles. The van der Waals surface area contributed by atoms with Crippen LogP contribution < -0.4 is 5.32 Å². The number of likely N-dealkylation sites (tertiary alicyclic amines) is 1. The SMILES string of the molecule is CC(C)n1ncc2c(C(=O)N3CCC(NC(=O)c4cccnc4)CC3)cc(-c3ccco3)nc21. The highest BCUT2D eigenvalue weighted by Crippen LogP contribution is 2.28. The van der Waals surface area contributed by atoms with E-state index in [1.807, 2.05) is 29.5 Å². The Labute approximate surface area is 196 Å². The second-order valence-corrected chi connectivity index (χ2v) is 8.73. The van der Waals surface area contributed by atoms with Crippen LogP contribution in [0.3, 0.4) is 0 Å². The Morgan fingerprint density at radius 3 is 2.65 bits per heavy atom. The standard InChI is InChI=1S/C25H26N6O3/c1-16(2)31-23-20(15-27-31)19(13-21(29-23)22-6-4-12-34-22)25(33)30-10-7-18(8-11-30)28-24(32)17-5-3-9-26-14-17/h3-6,9,12-16,18H,7-8,10-11H2,1-2H3,(H,28,32). The molecule has 0 atom stereocenters. The van der Waals surface area contributed by atoms with E-state index in [1.165, 1.54) is 0 Å². The summed E-state index contributed by atoms with van der Waals surface area (Å²) in [7, 11) is 0. The predicted molar refractivity (Wildman–Crippen MR) is 126 cm³/mol. The van der Waals surface area contributed by atoms with Crippen molar-refractivity contribution in [2.75, 3.05) is 13.1 Å². The number of aromatic nitrogens is 4. The van der Waals surface area contributed by atoms with Crippen molar-refractivity contribution in [1.29, 1.82) is 0 Å². The van der Waals surface area contributed by atoms with Crippen molar-refractivity contribution >= 4 is 22.8 Å². The molecule has 5 heterocycles. The van der Waals surface area contributed by atoms with Crippen LogP contribution in [-0.2, 0) is 0 Å². The first-order valence-electron chi connectivity index (χ1n) is 11.4. The summed E-state index contributed by atoms with van der Waals surface area (Å²) < 4.78 is 7.37. The zero-order valence-electron chi connectivity index (χ0n) is 19.1. The predicted octanol–water partition coefficient (Wildman–Crippen LogP) is 3.70. The van der Waals surface area contributed by atoms with Gasteiger partial charge in [-0.2, -0.15) is 5.10 Å². The van der Waals surface area contributed by atoms with Gasteiger partial charge in [-0.15, -0.1) is 0 Å². The Hall–Kier alpha value is -4.01. The summed E-state index contributed by atoms with van der Waals surface area (Å²) in [5.41, 5.74) is 2.35. The quantitative estimate of drug-likeness (QED) is 0.489. The largest absolute Gasteiger partial charge is 0.463 e. The van der Waals surface area contributed by atoms with Crippen molar-refractivity contribution < 1.29 is 14.0 Å². The zero-order chi connectivity index (χ0) is 23.7. The number of nitrogens with one attached hydrogen (secondary N) is 1. The third-order valence-corrected chi connectivity index (χ3v) is 6.10. The van der Waals surface area contributed by atoms with Gasteiger partial charge in [0, 0.05) is 37.6 Å². The lowest BCUT2D eigenvalue weighted by Crippen LogP contribution is -2.46. The molecule has 1 fully saturated rings. The van der Waals surface area contributed by atoms with Crippen molar-refractivity contribution in [1.82, 2.24) is 30.0 Å². The molecule has 0 unspecified atom stereocenters. The monoisotopic (exact) mass is 458 g/mol. The molecule has 1 saturated heterocycles. The number of hydrogen-bond acceptors (Lipinski definition) is 6. The molecule has 1 aliphatic rings. The van der Waals surface area contributed by atoms with Crippen LogP contribution in [-0.4, -0.2) is 55.6 Å². The van der Waals surface area contributed by atoms with E-state index >= 15 is 0 Å². The van der Waals surface area contributed by atoms with Gasteiger partial charge in [0.05, 0.1) is 29.0 Å². The number of carbonyl (C=O) groups excluding carboxylic acids is 2. The molecule has 4 aromatic heterocycles. The molecular weight excluding hydrogens is 432 g/mol. The number of carbonyl (C=O) groups is 2. The van der Waals surface area contributed by atoms with Gasteiger partial charge in [0.25, 0.3) is 11.8 Å². The van der Waals surface area contributed by atoms with E-state index in [2.05, 4.69) is 15.4 Å². The van der Waals surface area contributed by atoms with Crippen LogP contribution in [0, 0.1) is 0 Å². The number of hydrogen-bond donors (Lipinski definition) is 1. The summed E-state index contributed by atoms with van der Waals surface area (Å²) >= 11 is 0. The molecule has 2 amide bonds. The van der Waals surface area contributed by atoms with E-state index in [9.17, 15) is 9.59 Å². The fourth-order valence-corrected chi connectivity index (χ4v) is 4.29. The Bertz CT molecular complexity index is 1310. The molecule has 34 heavy (non-hydrogen) atoms. The Kier molecular flexibility index (Phi) is 5.83. The minimum absolute atomic E-state index is 0.0107. The van der Waals surface area contributed by atoms with E-state index in [1.54, 1.807) is 49.1 Å². The third kappa shape index (κ3) is 4.16. The Balaban J connectivity index is 1.36. The smallest absolute Gasteiger partial charge is 0.254 e. The molecular formula is C25H26N6O3. The molecule has 174 valence electrons. The normalized spacial score (nSPS) is 14.6. The van der Waals surface area contributed by atoms with Crippen molar-refractivity contribution in [2.24, 2.45) is 0 Å². The average molecular weight is 459 g/mol. The molecule has 0 saturated carbocycles.